The van der Waals surface area contributed by atoms with E-state index in [2.05, 4.69) is 15.5 Å². The Bertz CT molecular complexity index is 533. The first-order valence-corrected chi connectivity index (χ1v) is 5.26. The van der Waals surface area contributed by atoms with Crippen molar-refractivity contribution in [2.24, 2.45) is 0 Å². The van der Waals surface area contributed by atoms with E-state index in [-0.39, 0.29) is 5.82 Å². The van der Waals surface area contributed by atoms with E-state index in [1.54, 1.807) is 6.07 Å². The lowest BCUT2D eigenvalue weighted by Crippen LogP contribution is -2.17. The van der Waals surface area contributed by atoms with E-state index in [0.717, 1.165) is 29.4 Å². The molecule has 16 heavy (non-hydrogen) atoms. The normalized spacial score (nSPS) is 12.9. The summed E-state index contributed by atoms with van der Waals surface area (Å²) in [6.07, 6.45) is 0.809. The molecule has 1 aromatic heterocycles. The molecule has 0 spiro atoms. The van der Waals surface area contributed by atoms with Crippen LogP contribution in [0.1, 0.15) is 18.6 Å². The number of hydrogen-bond donors (Lipinski definition) is 1. The Labute approximate surface area is 92.1 Å². The highest BCUT2D eigenvalue weighted by molar-refractivity contribution is 5.63. The third-order valence-corrected chi connectivity index (χ3v) is 2.75. The van der Waals surface area contributed by atoms with Crippen molar-refractivity contribution in [2.75, 3.05) is 5.32 Å². The van der Waals surface area contributed by atoms with Crippen molar-refractivity contribution in [1.29, 1.82) is 0 Å². The van der Waals surface area contributed by atoms with Gasteiger partial charge in [0.15, 0.2) is 5.82 Å². The largest absolute Gasteiger partial charge is 0.376 e. The molecule has 0 fully saturated rings. The van der Waals surface area contributed by atoms with Crippen molar-refractivity contribution in [1.82, 2.24) is 14.8 Å². The summed E-state index contributed by atoms with van der Waals surface area (Å²) < 4.78 is 15.1. The molecule has 4 nitrogen and oxygen atoms in total. The lowest BCUT2D eigenvalue weighted by Gasteiger charge is -2.20. The van der Waals surface area contributed by atoms with E-state index in [0.29, 0.717) is 6.54 Å². The first-order valence-electron chi connectivity index (χ1n) is 5.26. The predicted molar refractivity (Wildman–Crippen MR) is 58.0 cm³/mol. The van der Waals surface area contributed by atoms with Crippen LogP contribution in [0.2, 0.25) is 0 Å². The monoisotopic (exact) mass is 218 g/mol. The fraction of sp³-hybridized carbons (Fsp3) is 0.273. The van der Waals surface area contributed by atoms with Crippen molar-refractivity contribution in [3.8, 4) is 5.69 Å². The maximum atomic E-state index is 13.1. The van der Waals surface area contributed by atoms with Crippen molar-refractivity contribution < 1.29 is 4.39 Å². The summed E-state index contributed by atoms with van der Waals surface area (Å²) in [6, 6.07) is 4.70. The summed E-state index contributed by atoms with van der Waals surface area (Å²) >= 11 is 0. The number of aryl methyl sites for hydroxylation is 1. The van der Waals surface area contributed by atoms with Gasteiger partial charge in [0.1, 0.15) is 11.6 Å². The first-order chi connectivity index (χ1) is 7.79. The minimum absolute atomic E-state index is 0.235. The molecule has 1 N–H and O–H groups in total. The summed E-state index contributed by atoms with van der Waals surface area (Å²) in [5, 5.41) is 11.4. The van der Waals surface area contributed by atoms with Crippen LogP contribution in [0.15, 0.2) is 18.2 Å². The number of anilines is 1. The van der Waals surface area contributed by atoms with Crippen LogP contribution in [0.4, 0.5) is 10.1 Å². The van der Waals surface area contributed by atoms with Gasteiger partial charge in [0.25, 0.3) is 0 Å². The topological polar surface area (TPSA) is 42.7 Å². The molecule has 2 aromatic rings. The molecule has 0 saturated carbocycles. The molecular weight excluding hydrogens is 207 g/mol. The van der Waals surface area contributed by atoms with Gasteiger partial charge in [-0.15, -0.1) is 10.2 Å². The van der Waals surface area contributed by atoms with Crippen LogP contribution >= 0.6 is 0 Å². The first kappa shape index (κ1) is 9.33. The molecule has 0 bridgehead atoms. The zero-order valence-corrected chi connectivity index (χ0v) is 8.87. The van der Waals surface area contributed by atoms with E-state index < -0.39 is 0 Å². The van der Waals surface area contributed by atoms with E-state index in [9.17, 15) is 4.39 Å². The second-order valence-corrected chi connectivity index (χ2v) is 3.74. The number of hydrogen-bond acceptors (Lipinski definition) is 3. The Morgan fingerprint density at radius 1 is 1.44 bits per heavy atom. The van der Waals surface area contributed by atoms with Crippen molar-refractivity contribution in [3.05, 3.63) is 35.7 Å². The Morgan fingerprint density at radius 2 is 2.31 bits per heavy atom. The number of aromatic nitrogens is 3. The molecule has 2 heterocycles. The molecule has 1 aliphatic heterocycles. The SMILES string of the molecule is CCc1nnc2n1-c1ccc(F)cc1NC2. The average molecular weight is 218 g/mol. The van der Waals surface area contributed by atoms with Gasteiger partial charge in [-0.2, -0.15) is 0 Å². The molecule has 3 rings (SSSR count). The third kappa shape index (κ3) is 1.21. The van der Waals surface area contributed by atoms with E-state index >= 15 is 0 Å². The van der Waals surface area contributed by atoms with Crippen molar-refractivity contribution in [2.45, 2.75) is 19.9 Å². The van der Waals surface area contributed by atoms with Crippen LogP contribution in [0.25, 0.3) is 5.69 Å². The number of rotatable bonds is 1. The molecule has 0 saturated heterocycles. The Hall–Kier alpha value is -1.91. The lowest BCUT2D eigenvalue weighted by molar-refractivity contribution is 0.626. The molecule has 0 aliphatic carbocycles. The Balaban J connectivity index is 2.24. The Kier molecular flexibility index (Phi) is 1.92. The maximum Gasteiger partial charge on any atom is 0.157 e. The maximum absolute atomic E-state index is 13.1. The van der Waals surface area contributed by atoms with Gasteiger partial charge in [0, 0.05) is 6.42 Å². The van der Waals surface area contributed by atoms with E-state index in [1.807, 2.05) is 11.5 Å². The molecule has 0 radical (unpaired) electrons. The zero-order chi connectivity index (χ0) is 11.1. The predicted octanol–water partition coefficient (Wildman–Crippen LogP) is 1.89. The summed E-state index contributed by atoms with van der Waals surface area (Å²) in [4.78, 5) is 0. The smallest absolute Gasteiger partial charge is 0.157 e. The average Bonchev–Trinajstić information content (AvgIpc) is 2.71. The summed E-state index contributed by atoms with van der Waals surface area (Å²) in [7, 11) is 0. The van der Waals surface area contributed by atoms with Gasteiger partial charge in [-0.25, -0.2) is 4.39 Å². The molecule has 5 heteroatoms. The molecule has 82 valence electrons. The quantitative estimate of drug-likeness (QED) is 0.794. The molecule has 0 unspecified atom stereocenters. The second-order valence-electron chi connectivity index (χ2n) is 3.74. The van der Waals surface area contributed by atoms with Crippen LogP contribution in [0, 0.1) is 5.82 Å². The highest BCUT2D eigenvalue weighted by Gasteiger charge is 2.20. The fourth-order valence-corrected chi connectivity index (χ4v) is 1.99. The second kappa shape index (κ2) is 3.30. The van der Waals surface area contributed by atoms with Gasteiger partial charge in [-0.1, -0.05) is 6.92 Å². The zero-order valence-electron chi connectivity index (χ0n) is 8.87. The van der Waals surface area contributed by atoms with Gasteiger partial charge in [-0.3, -0.25) is 4.57 Å². The standard InChI is InChI=1S/C11H11FN4/c1-2-10-14-15-11-6-13-8-5-7(12)3-4-9(8)16(10)11/h3-5,13H,2,6H2,1H3. The van der Waals surface area contributed by atoms with Crippen LogP contribution in [-0.2, 0) is 13.0 Å². The Morgan fingerprint density at radius 3 is 3.12 bits per heavy atom. The number of halogens is 1. The molecule has 0 atom stereocenters. The molecule has 0 amide bonds. The van der Waals surface area contributed by atoms with Gasteiger partial charge in [-0.05, 0) is 18.2 Å². The van der Waals surface area contributed by atoms with E-state index in [4.69, 9.17) is 0 Å². The van der Waals surface area contributed by atoms with Crippen molar-refractivity contribution >= 4 is 5.69 Å². The highest BCUT2D eigenvalue weighted by atomic mass is 19.1. The molecular formula is C11H11FN4. The van der Waals surface area contributed by atoms with Gasteiger partial charge in [0.2, 0.25) is 0 Å². The van der Waals surface area contributed by atoms with E-state index in [1.165, 1.54) is 12.1 Å². The minimum atomic E-state index is -0.235. The van der Waals surface area contributed by atoms with Gasteiger partial charge in [0.05, 0.1) is 17.9 Å². The van der Waals surface area contributed by atoms with Crippen LogP contribution < -0.4 is 5.32 Å². The number of benzene rings is 1. The van der Waals surface area contributed by atoms with Crippen molar-refractivity contribution in [3.63, 3.8) is 0 Å². The molecule has 1 aliphatic rings. The number of nitrogens with zero attached hydrogens (tertiary/aromatic N) is 3. The third-order valence-electron chi connectivity index (χ3n) is 2.75. The van der Waals surface area contributed by atoms with Gasteiger partial charge >= 0.3 is 0 Å². The van der Waals surface area contributed by atoms with Crippen LogP contribution in [0.3, 0.4) is 0 Å². The fourth-order valence-electron chi connectivity index (χ4n) is 1.99. The number of fused-ring (bicyclic) bond motifs is 3. The summed E-state index contributed by atoms with van der Waals surface area (Å²) in [5.74, 6) is 1.54. The summed E-state index contributed by atoms with van der Waals surface area (Å²) in [6.45, 7) is 2.62. The highest BCUT2D eigenvalue weighted by Crippen LogP contribution is 2.28. The van der Waals surface area contributed by atoms with Crippen LogP contribution in [-0.4, -0.2) is 14.8 Å². The minimum Gasteiger partial charge on any atom is -0.376 e. The summed E-state index contributed by atoms with van der Waals surface area (Å²) in [5.41, 5.74) is 1.71. The number of nitrogens with one attached hydrogen (secondary N) is 1. The molecule has 1 aromatic carbocycles. The van der Waals surface area contributed by atoms with Gasteiger partial charge < -0.3 is 5.32 Å². The lowest BCUT2D eigenvalue weighted by atomic mass is 10.2. The van der Waals surface area contributed by atoms with Crippen LogP contribution in [0.5, 0.6) is 0 Å².